The van der Waals surface area contributed by atoms with Gasteiger partial charge in [0.05, 0.1) is 18.2 Å². The fraction of sp³-hybridized carbons (Fsp3) is 0.444. The Morgan fingerprint density at radius 3 is 2.92 bits per heavy atom. The average Bonchev–Trinajstić information content (AvgIpc) is 3.04. The van der Waals surface area contributed by atoms with Gasteiger partial charge in [-0.1, -0.05) is 11.6 Å². The summed E-state index contributed by atoms with van der Waals surface area (Å²) in [4.78, 5) is 18.7. The molecule has 1 aromatic carbocycles. The van der Waals surface area contributed by atoms with Crippen LogP contribution in [0.4, 0.5) is 0 Å². The summed E-state index contributed by atoms with van der Waals surface area (Å²) in [6, 6.07) is 7.21. The van der Waals surface area contributed by atoms with Crippen molar-refractivity contribution in [2.45, 2.75) is 32.3 Å². The summed E-state index contributed by atoms with van der Waals surface area (Å²) < 4.78 is 5.47. The normalized spacial score (nSPS) is 19.3. The van der Waals surface area contributed by atoms with Crippen molar-refractivity contribution in [2.75, 3.05) is 13.1 Å². The van der Waals surface area contributed by atoms with E-state index in [-0.39, 0.29) is 24.3 Å². The molecule has 2 heterocycles. The maximum absolute atomic E-state index is 12.5. The van der Waals surface area contributed by atoms with E-state index < -0.39 is 0 Å². The summed E-state index contributed by atoms with van der Waals surface area (Å²) in [5, 5.41) is 10.4. The van der Waals surface area contributed by atoms with Crippen LogP contribution in [0, 0.1) is 5.92 Å². The van der Waals surface area contributed by atoms with Crippen molar-refractivity contribution in [1.29, 1.82) is 0 Å². The van der Waals surface area contributed by atoms with Crippen LogP contribution in [0.1, 0.15) is 25.5 Å². The molecule has 0 radical (unpaired) electrons. The van der Waals surface area contributed by atoms with E-state index in [4.69, 9.17) is 16.0 Å². The Morgan fingerprint density at radius 2 is 2.21 bits per heavy atom. The lowest BCUT2D eigenvalue weighted by Gasteiger charge is -2.34. The number of oxazole rings is 1. The predicted octanol–water partition coefficient (Wildman–Crippen LogP) is 3.16. The molecule has 0 saturated carbocycles. The molecule has 1 aliphatic heterocycles. The zero-order valence-corrected chi connectivity index (χ0v) is 14.4. The van der Waals surface area contributed by atoms with Crippen LogP contribution in [0.3, 0.4) is 0 Å². The highest BCUT2D eigenvalue weighted by atomic mass is 35.5. The third-order valence-electron chi connectivity index (χ3n) is 4.47. The first-order chi connectivity index (χ1) is 11.5. The van der Waals surface area contributed by atoms with Crippen LogP contribution in [0.15, 0.2) is 34.9 Å². The van der Waals surface area contributed by atoms with Gasteiger partial charge in [-0.3, -0.25) is 4.79 Å². The van der Waals surface area contributed by atoms with Crippen LogP contribution in [-0.2, 0) is 11.2 Å². The first kappa shape index (κ1) is 17.0. The van der Waals surface area contributed by atoms with Crippen LogP contribution >= 0.6 is 11.6 Å². The number of hydrogen-bond donors (Lipinski definition) is 1. The predicted molar refractivity (Wildman–Crippen MR) is 91.6 cm³/mol. The van der Waals surface area contributed by atoms with E-state index >= 15 is 0 Å². The Kier molecular flexibility index (Phi) is 5.21. The summed E-state index contributed by atoms with van der Waals surface area (Å²) in [6.45, 7) is 3.14. The molecule has 0 aliphatic carbocycles. The molecule has 1 fully saturated rings. The van der Waals surface area contributed by atoms with Crippen LogP contribution in [0.25, 0.3) is 11.5 Å². The molecule has 128 valence electrons. The van der Waals surface area contributed by atoms with E-state index in [0.29, 0.717) is 23.2 Å². The van der Waals surface area contributed by atoms with Gasteiger partial charge >= 0.3 is 0 Å². The van der Waals surface area contributed by atoms with E-state index in [1.165, 1.54) is 6.26 Å². The zero-order valence-electron chi connectivity index (χ0n) is 13.6. The van der Waals surface area contributed by atoms with Gasteiger partial charge in [-0.25, -0.2) is 4.98 Å². The molecule has 2 atom stereocenters. The van der Waals surface area contributed by atoms with Gasteiger partial charge in [-0.05, 0) is 44.0 Å². The molecular weight excluding hydrogens is 328 g/mol. The molecular formula is C18H21ClN2O3. The number of aliphatic hydroxyl groups excluding tert-OH is 1. The number of rotatable bonds is 4. The third kappa shape index (κ3) is 3.97. The Balaban J connectivity index is 1.64. The van der Waals surface area contributed by atoms with Crippen molar-refractivity contribution in [3.63, 3.8) is 0 Å². The van der Waals surface area contributed by atoms with Crippen LogP contribution in [0.5, 0.6) is 0 Å². The van der Waals surface area contributed by atoms with Crippen molar-refractivity contribution < 1.29 is 14.3 Å². The van der Waals surface area contributed by atoms with Crippen molar-refractivity contribution >= 4 is 17.5 Å². The molecule has 1 saturated heterocycles. The third-order valence-corrected chi connectivity index (χ3v) is 4.72. The van der Waals surface area contributed by atoms with E-state index in [0.717, 1.165) is 24.9 Å². The number of nitrogens with zero attached hydrogens (tertiary/aromatic N) is 2. The van der Waals surface area contributed by atoms with Crippen LogP contribution in [-0.4, -0.2) is 40.1 Å². The number of aliphatic hydroxyl groups is 1. The Hall–Kier alpha value is -1.85. The molecule has 2 unspecified atom stereocenters. The summed E-state index contributed by atoms with van der Waals surface area (Å²) >= 11 is 5.87. The van der Waals surface area contributed by atoms with Gasteiger partial charge in [-0.15, -0.1) is 0 Å². The van der Waals surface area contributed by atoms with Crippen molar-refractivity contribution in [3.8, 4) is 11.5 Å². The molecule has 0 spiro atoms. The number of halogens is 1. The summed E-state index contributed by atoms with van der Waals surface area (Å²) in [7, 11) is 0. The van der Waals surface area contributed by atoms with E-state index in [2.05, 4.69) is 4.98 Å². The molecule has 3 rings (SSSR count). The lowest BCUT2D eigenvalue weighted by atomic mass is 9.93. The number of carbonyl (C=O) groups excluding carboxylic acids is 1. The van der Waals surface area contributed by atoms with Crippen LogP contribution in [0.2, 0.25) is 5.02 Å². The summed E-state index contributed by atoms with van der Waals surface area (Å²) in [6.07, 6.45) is 3.24. The Morgan fingerprint density at radius 1 is 1.46 bits per heavy atom. The molecule has 2 aromatic rings. The fourth-order valence-electron chi connectivity index (χ4n) is 3.01. The first-order valence-corrected chi connectivity index (χ1v) is 8.57. The molecule has 1 N–H and O–H groups in total. The van der Waals surface area contributed by atoms with Crippen molar-refractivity contribution in [1.82, 2.24) is 9.88 Å². The Labute approximate surface area is 146 Å². The molecule has 6 heteroatoms. The molecule has 5 nitrogen and oxygen atoms in total. The molecule has 1 aliphatic rings. The van der Waals surface area contributed by atoms with Crippen molar-refractivity contribution in [3.05, 3.63) is 41.2 Å². The second kappa shape index (κ2) is 7.36. The minimum absolute atomic E-state index is 0.0244. The molecule has 24 heavy (non-hydrogen) atoms. The maximum Gasteiger partial charge on any atom is 0.228 e. The van der Waals surface area contributed by atoms with E-state index in [1.54, 1.807) is 19.1 Å². The highest BCUT2D eigenvalue weighted by Crippen LogP contribution is 2.23. The second-order valence-electron chi connectivity index (χ2n) is 6.31. The number of benzene rings is 1. The lowest BCUT2D eigenvalue weighted by Crippen LogP contribution is -2.43. The van der Waals surface area contributed by atoms with Gasteiger partial charge in [-0.2, -0.15) is 0 Å². The zero-order chi connectivity index (χ0) is 17.1. The first-order valence-electron chi connectivity index (χ1n) is 8.19. The number of likely N-dealkylation sites (tertiary alicyclic amines) is 1. The fourth-order valence-corrected chi connectivity index (χ4v) is 3.14. The summed E-state index contributed by atoms with van der Waals surface area (Å²) in [5.41, 5.74) is 1.44. The maximum atomic E-state index is 12.5. The van der Waals surface area contributed by atoms with E-state index in [9.17, 15) is 9.90 Å². The topological polar surface area (TPSA) is 66.6 Å². The van der Waals surface area contributed by atoms with Gasteiger partial charge in [0.2, 0.25) is 11.8 Å². The quantitative estimate of drug-likeness (QED) is 0.921. The summed E-state index contributed by atoms with van der Waals surface area (Å²) in [5.74, 6) is 0.663. The highest BCUT2D eigenvalue weighted by Gasteiger charge is 2.26. The second-order valence-corrected chi connectivity index (χ2v) is 6.75. The van der Waals surface area contributed by atoms with Crippen molar-refractivity contribution in [2.24, 2.45) is 5.92 Å². The minimum Gasteiger partial charge on any atom is -0.444 e. The number of piperidine rings is 1. The molecule has 1 aromatic heterocycles. The SMILES string of the molecule is CC(O)C1CCCN(C(=O)Cc2coc(-c3ccc(Cl)cc3)n2)C1. The van der Waals surface area contributed by atoms with Gasteiger partial charge in [0.15, 0.2) is 0 Å². The van der Waals surface area contributed by atoms with Crippen LogP contribution < -0.4 is 0 Å². The smallest absolute Gasteiger partial charge is 0.228 e. The van der Waals surface area contributed by atoms with Gasteiger partial charge in [0.1, 0.15) is 6.26 Å². The Bertz CT molecular complexity index is 697. The monoisotopic (exact) mass is 348 g/mol. The number of aromatic nitrogens is 1. The van der Waals surface area contributed by atoms with Gasteiger partial charge in [0, 0.05) is 29.6 Å². The molecule has 1 amide bonds. The number of carbonyl (C=O) groups is 1. The average molecular weight is 349 g/mol. The number of amides is 1. The van der Waals surface area contributed by atoms with Gasteiger partial charge in [0.25, 0.3) is 0 Å². The highest BCUT2D eigenvalue weighted by molar-refractivity contribution is 6.30. The lowest BCUT2D eigenvalue weighted by molar-refractivity contribution is -0.133. The standard InChI is InChI=1S/C18H21ClN2O3/c1-12(22)14-3-2-8-21(10-14)17(23)9-16-11-24-18(20-16)13-4-6-15(19)7-5-13/h4-7,11-12,14,22H,2-3,8-10H2,1H3. The van der Waals surface area contributed by atoms with Gasteiger partial charge < -0.3 is 14.4 Å². The minimum atomic E-state index is -0.385. The molecule has 0 bridgehead atoms. The van der Waals surface area contributed by atoms with E-state index in [1.807, 2.05) is 17.0 Å². The number of hydrogen-bond acceptors (Lipinski definition) is 4. The largest absolute Gasteiger partial charge is 0.444 e.